The summed E-state index contributed by atoms with van der Waals surface area (Å²) in [5, 5.41) is 0.809. The molecule has 0 aliphatic heterocycles. The highest BCUT2D eigenvalue weighted by molar-refractivity contribution is 7.90. The van der Waals surface area contributed by atoms with Crippen LogP contribution in [-0.2, 0) is 15.6 Å². The second kappa shape index (κ2) is 5.79. The van der Waals surface area contributed by atoms with Crippen molar-refractivity contribution < 1.29 is 8.42 Å². The van der Waals surface area contributed by atoms with Gasteiger partial charge in [0.1, 0.15) is 0 Å². The van der Waals surface area contributed by atoms with E-state index in [0.29, 0.717) is 11.2 Å². The molecule has 1 atom stereocenters. The second-order valence-corrected chi connectivity index (χ2v) is 7.39. The highest BCUT2D eigenvalue weighted by Gasteiger charge is 2.18. The number of benzene rings is 1. The molecular weight excluding hydrogens is 272 g/mol. The summed E-state index contributed by atoms with van der Waals surface area (Å²) >= 11 is 0. The number of aromatic nitrogens is 1. The van der Waals surface area contributed by atoms with E-state index in [0.717, 1.165) is 17.4 Å². The smallest absolute Gasteiger partial charge is 0.154 e. The van der Waals surface area contributed by atoms with E-state index in [1.54, 1.807) is 24.4 Å². The quantitative estimate of drug-likeness (QED) is 0.860. The Labute approximate surface area is 119 Å². The fraction of sp³-hybridized carbons (Fsp3) is 0.400. The number of anilines is 1. The molecular formula is C15H20N2O2S. The molecule has 108 valence electrons. The van der Waals surface area contributed by atoms with Crippen molar-refractivity contribution in [3.63, 3.8) is 0 Å². The lowest BCUT2D eigenvalue weighted by atomic mass is 10.1. The third-order valence-electron chi connectivity index (χ3n) is 3.50. The van der Waals surface area contributed by atoms with E-state index >= 15 is 0 Å². The number of hydrogen-bond acceptors (Lipinski definition) is 4. The van der Waals surface area contributed by atoms with Crippen LogP contribution in [0.25, 0.3) is 10.9 Å². The van der Waals surface area contributed by atoms with Gasteiger partial charge in [-0.15, -0.1) is 0 Å². The van der Waals surface area contributed by atoms with Crippen molar-refractivity contribution in [3.8, 4) is 0 Å². The zero-order chi connectivity index (χ0) is 14.8. The van der Waals surface area contributed by atoms with E-state index < -0.39 is 9.84 Å². The number of nitrogen functional groups attached to an aromatic ring is 1. The SMILES string of the molecule is CCC(C)CS(=O)(=O)Cc1ccc(N)c2cccnc12. The summed E-state index contributed by atoms with van der Waals surface area (Å²) in [6, 6.07) is 7.18. The normalized spacial score (nSPS) is 13.5. The van der Waals surface area contributed by atoms with E-state index in [1.807, 2.05) is 19.9 Å². The number of nitrogens with two attached hydrogens (primary N) is 1. The van der Waals surface area contributed by atoms with E-state index in [-0.39, 0.29) is 17.4 Å². The Bertz CT molecular complexity index is 711. The fourth-order valence-corrected chi connectivity index (χ4v) is 4.14. The first-order chi connectivity index (χ1) is 9.43. The van der Waals surface area contributed by atoms with E-state index in [4.69, 9.17) is 5.73 Å². The van der Waals surface area contributed by atoms with Gasteiger partial charge in [-0.05, 0) is 29.7 Å². The average Bonchev–Trinajstić information content (AvgIpc) is 2.41. The van der Waals surface area contributed by atoms with Gasteiger partial charge < -0.3 is 5.73 Å². The summed E-state index contributed by atoms with van der Waals surface area (Å²) in [6.45, 7) is 3.96. The van der Waals surface area contributed by atoms with Crippen LogP contribution in [0.15, 0.2) is 30.5 Å². The first kappa shape index (κ1) is 14.8. The van der Waals surface area contributed by atoms with Gasteiger partial charge in [0, 0.05) is 17.3 Å². The van der Waals surface area contributed by atoms with Crippen LogP contribution < -0.4 is 5.73 Å². The third-order valence-corrected chi connectivity index (χ3v) is 5.33. The molecule has 0 radical (unpaired) electrons. The van der Waals surface area contributed by atoms with Gasteiger partial charge in [0.05, 0.1) is 17.0 Å². The summed E-state index contributed by atoms with van der Waals surface area (Å²) in [4.78, 5) is 4.28. The van der Waals surface area contributed by atoms with E-state index in [2.05, 4.69) is 4.98 Å². The van der Waals surface area contributed by atoms with E-state index in [1.165, 1.54) is 0 Å². The Balaban J connectivity index is 2.38. The lowest BCUT2D eigenvalue weighted by molar-refractivity contribution is 0.563. The minimum absolute atomic E-state index is 0.0190. The molecule has 1 aromatic heterocycles. The first-order valence-electron chi connectivity index (χ1n) is 6.75. The molecule has 2 aromatic rings. The standard InChI is InChI=1S/C15H20N2O2S/c1-3-11(2)9-20(18,19)10-12-6-7-14(16)13-5-4-8-17-15(12)13/h4-8,11H,3,9-10,16H2,1-2H3. The maximum Gasteiger partial charge on any atom is 0.154 e. The topological polar surface area (TPSA) is 73.0 Å². The lowest BCUT2D eigenvalue weighted by Crippen LogP contribution is -2.15. The van der Waals surface area contributed by atoms with Gasteiger partial charge in [-0.2, -0.15) is 0 Å². The number of rotatable bonds is 5. The van der Waals surface area contributed by atoms with Crippen molar-refractivity contribution in [1.82, 2.24) is 4.98 Å². The van der Waals surface area contributed by atoms with Crippen LogP contribution in [-0.4, -0.2) is 19.2 Å². The summed E-state index contributed by atoms with van der Waals surface area (Å²) in [6.07, 6.45) is 2.52. The maximum absolute atomic E-state index is 12.2. The van der Waals surface area contributed by atoms with Crippen molar-refractivity contribution in [2.75, 3.05) is 11.5 Å². The van der Waals surface area contributed by atoms with Gasteiger partial charge in [-0.1, -0.05) is 26.3 Å². The average molecular weight is 292 g/mol. The van der Waals surface area contributed by atoms with Gasteiger partial charge in [0.15, 0.2) is 9.84 Å². The van der Waals surface area contributed by atoms with Crippen molar-refractivity contribution in [2.24, 2.45) is 5.92 Å². The largest absolute Gasteiger partial charge is 0.398 e. The van der Waals surface area contributed by atoms with Crippen molar-refractivity contribution in [2.45, 2.75) is 26.0 Å². The van der Waals surface area contributed by atoms with Crippen LogP contribution in [0.4, 0.5) is 5.69 Å². The Hall–Kier alpha value is -1.62. The Morgan fingerprint density at radius 2 is 2.05 bits per heavy atom. The van der Waals surface area contributed by atoms with Crippen LogP contribution in [0.1, 0.15) is 25.8 Å². The molecule has 0 aliphatic carbocycles. The summed E-state index contributed by atoms with van der Waals surface area (Å²) < 4.78 is 24.5. The fourth-order valence-electron chi connectivity index (χ4n) is 2.22. The van der Waals surface area contributed by atoms with Gasteiger partial charge in [0.25, 0.3) is 0 Å². The van der Waals surface area contributed by atoms with E-state index in [9.17, 15) is 8.42 Å². The van der Waals surface area contributed by atoms with Crippen molar-refractivity contribution in [3.05, 3.63) is 36.0 Å². The molecule has 0 amide bonds. The molecule has 1 heterocycles. The Morgan fingerprint density at radius 1 is 1.30 bits per heavy atom. The second-order valence-electron chi connectivity index (χ2n) is 5.28. The van der Waals surface area contributed by atoms with Crippen molar-refractivity contribution >= 4 is 26.4 Å². The molecule has 2 rings (SSSR count). The molecule has 5 heteroatoms. The minimum atomic E-state index is -3.13. The molecule has 1 aromatic carbocycles. The molecule has 0 spiro atoms. The zero-order valence-corrected chi connectivity index (χ0v) is 12.7. The monoisotopic (exact) mass is 292 g/mol. The van der Waals surface area contributed by atoms with Crippen molar-refractivity contribution in [1.29, 1.82) is 0 Å². The predicted octanol–water partition coefficient (Wildman–Crippen LogP) is 2.78. The van der Waals surface area contributed by atoms with Gasteiger partial charge in [0.2, 0.25) is 0 Å². The van der Waals surface area contributed by atoms with Gasteiger partial charge in [-0.3, -0.25) is 4.98 Å². The number of pyridine rings is 1. The molecule has 20 heavy (non-hydrogen) atoms. The predicted molar refractivity (Wildman–Crippen MR) is 83.1 cm³/mol. The molecule has 0 saturated heterocycles. The summed E-state index contributed by atoms with van der Waals surface area (Å²) in [5.74, 6) is 0.404. The molecule has 0 bridgehead atoms. The molecule has 0 saturated carbocycles. The van der Waals surface area contributed by atoms with Gasteiger partial charge >= 0.3 is 0 Å². The lowest BCUT2D eigenvalue weighted by Gasteiger charge is -2.11. The number of fused-ring (bicyclic) bond motifs is 1. The molecule has 1 unspecified atom stereocenters. The summed E-state index contributed by atoms with van der Waals surface area (Å²) in [7, 11) is -3.13. The summed E-state index contributed by atoms with van der Waals surface area (Å²) in [5.41, 5.74) is 7.92. The first-order valence-corrected chi connectivity index (χ1v) is 8.57. The highest BCUT2D eigenvalue weighted by atomic mass is 32.2. The minimum Gasteiger partial charge on any atom is -0.398 e. The molecule has 0 fully saturated rings. The number of nitrogens with zero attached hydrogens (tertiary/aromatic N) is 1. The van der Waals surface area contributed by atoms with Crippen LogP contribution >= 0.6 is 0 Å². The number of hydrogen-bond donors (Lipinski definition) is 1. The van der Waals surface area contributed by atoms with Crippen LogP contribution in [0.2, 0.25) is 0 Å². The zero-order valence-electron chi connectivity index (χ0n) is 11.8. The molecule has 4 nitrogen and oxygen atoms in total. The maximum atomic E-state index is 12.2. The van der Waals surface area contributed by atoms with Crippen LogP contribution in [0, 0.1) is 5.92 Å². The Kier molecular flexibility index (Phi) is 4.28. The number of sulfone groups is 1. The third kappa shape index (κ3) is 3.28. The highest BCUT2D eigenvalue weighted by Crippen LogP contribution is 2.24. The van der Waals surface area contributed by atoms with Crippen LogP contribution in [0.3, 0.4) is 0 Å². The van der Waals surface area contributed by atoms with Crippen LogP contribution in [0.5, 0.6) is 0 Å². The van der Waals surface area contributed by atoms with Gasteiger partial charge in [-0.25, -0.2) is 8.42 Å². The molecule has 2 N–H and O–H groups in total. The Morgan fingerprint density at radius 3 is 2.75 bits per heavy atom. The molecule has 0 aliphatic rings.